The molecule has 0 unspecified atom stereocenters. The number of ether oxygens (including phenoxy) is 1. The normalized spacial score (nSPS) is 8.76. The summed E-state index contributed by atoms with van der Waals surface area (Å²) in [4.78, 5) is 23.5. The van der Waals surface area contributed by atoms with Gasteiger partial charge in [0.1, 0.15) is 6.61 Å². The van der Waals surface area contributed by atoms with Crippen molar-refractivity contribution in [2.24, 2.45) is 0 Å². The van der Waals surface area contributed by atoms with Crippen LogP contribution in [0.5, 0.6) is 0 Å². The molecule has 0 saturated carbocycles. The average molecular weight is 243 g/mol. The smallest absolute Gasteiger partial charge is 0.335 e. The molecule has 0 aliphatic heterocycles. The van der Waals surface area contributed by atoms with Crippen LogP contribution >= 0.6 is 0 Å². The monoisotopic (exact) mass is 243 g/mol. The van der Waals surface area contributed by atoms with Crippen LogP contribution in [0.2, 0.25) is 0 Å². The van der Waals surface area contributed by atoms with E-state index in [-0.39, 0.29) is 13.2 Å². The first-order valence-electron chi connectivity index (χ1n) is 4.62. The van der Waals surface area contributed by atoms with Crippen molar-refractivity contribution in [3.05, 3.63) is 46.0 Å². The predicted molar refractivity (Wildman–Crippen MR) is 58.2 cm³/mol. The SMILES string of the molecule is COCCO[N+](=O)[O-].O=C(O)c1ccccc1. The van der Waals surface area contributed by atoms with Gasteiger partial charge in [-0.05, 0) is 12.1 Å². The summed E-state index contributed by atoms with van der Waals surface area (Å²) in [7, 11) is 1.45. The number of rotatable bonds is 5. The van der Waals surface area contributed by atoms with Crippen LogP contribution in [0.15, 0.2) is 30.3 Å². The standard InChI is InChI=1S/C7H6O2.C3H7NO4/c8-7(9)6-4-2-1-3-5-6;1-7-2-3-8-4(5)6/h1-5H,(H,8,9);2-3H2,1H3. The molecule has 7 heteroatoms. The summed E-state index contributed by atoms with van der Waals surface area (Å²) in [5.41, 5.74) is 0.331. The predicted octanol–water partition coefficient (Wildman–Crippen LogP) is 1.23. The number of hydrogen-bond donors (Lipinski definition) is 1. The number of nitrogens with zero attached hydrogens (tertiary/aromatic N) is 1. The zero-order valence-electron chi connectivity index (χ0n) is 9.24. The molecule has 0 aromatic heterocycles. The third-order valence-corrected chi connectivity index (χ3v) is 1.50. The van der Waals surface area contributed by atoms with Crippen LogP contribution in [0.4, 0.5) is 0 Å². The number of methoxy groups -OCH3 is 1. The minimum atomic E-state index is -0.879. The van der Waals surface area contributed by atoms with E-state index < -0.39 is 11.1 Å². The summed E-state index contributed by atoms with van der Waals surface area (Å²) in [6.07, 6.45) is 0. The van der Waals surface area contributed by atoms with Crippen molar-refractivity contribution in [1.82, 2.24) is 0 Å². The van der Waals surface area contributed by atoms with Gasteiger partial charge in [0.05, 0.1) is 12.2 Å². The lowest BCUT2D eigenvalue weighted by Gasteiger charge is -1.93. The van der Waals surface area contributed by atoms with E-state index in [0.29, 0.717) is 5.56 Å². The lowest BCUT2D eigenvalue weighted by molar-refractivity contribution is -0.758. The van der Waals surface area contributed by atoms with Gasteiger partial charge >= 0.3 is 5.97 Å². The van der Waals surface area contributed by atoms with Gasteiger partial charge in [-0.2, -0.15) is 0 Å². The first-order chi connectivity index (χ1) is 8.07. The molecule has 0 heterocycles. The molecule has 0 amide bonds. The summed E-state index contributed by atoms with van der Waals surface area (Å²) >= 11 is 0. The molecule has 1 N–H and O–H groups in total. The maximum atomic E-state index is 10.2. The van der Waals surface area contributed by atoms with Gasteiger partial charge in [0, 0.05) is 7.11 Å². The summed E-state index contributed by atoms with van der Waals surface area (Å²) < 4.78 is 4.46. The molecule has 0 aliphatic carbocycles. The molecule has 1 aromatic carbocycles. The van der Waals surface area contributed by atoms with Gasteiger partial charge in [0.25, 0.3) is 5.09 Å². The van der Waals surface area contributed by atoms with Crippen LogP contribution in [0, 0.1) is 10.1 Å². The van der Waals surface area contributed by atoms with Gasteiger partial charge in [-0.25, -0.2) is 4.79 Å². The van der Waals surface area contributed by atoms with Crippen LogP contribution in [-0.2, 0) is 9.57 Å². The fourth-order valence-corrected chi connectivity index (χ4v) is 0.776. The van der Waals surface area contributed by atoms with Crippen LogP contribution in [0.3, 0.4) is 0 Å². The highest BCUT2D eigenvalue weighted by Crippen LogP contribution is 1.96. The fraction of sp³-hybridized carbons (Fsp3) is 0.300. The molecule has 0 aliphatic rings. The third kappa shape index (κ3) is 8.82. The summed E-state index contributed by atoms with van der Waals surface area (Å²) in [6.45, 7) is 0.254. The minimum absolute atomic E-state index is 0.00347. The Morgan fingerprint density at radius 3 is 2.29 bits per heavy atom. The van der Waals surface area contributed by atoms with E-state index in [1.165, 1.54) is 7.11 Å². The number of aromatic carboxylic acids is 1. The van der Waals surface area contributed by atoms with E-state index >= 15 is 0 Å². The highest BCUT2D eigenvalue weighted by molar-refractivity contribution is 5.87. The Morgan fingerprint density at radius 2 is 1.94 bits per heavy atom. The molecule has 0 saturated heterocycles. The third-order valence-electron chi connectivity index (χ3n) is 1.50. The lowest BCUT2D eigenvalue weighted by atomic mass is 10.2. The molecule has 0 radical (unpaired) electrons. The molecule has 1 aromatic rings. The highest BCUT2D eigenvalue weighted by atomic mass is 17.0. The molecule has 94 valence electrons. The maximum absolute atomic E-state index is 10.2. The summed E-state index contributed by atoms with van der Waals surface area (Å²) in [5.74, 6) is -0.879. The van der Waals surface area contributed by atoms with Gasteiger partial charge < -0.3 is 14.7 Å². The van der Waals surface area contributed by atoms with E-state index in [1.54, 1.807) is 30.3 Å². The lowest BCUT2D eigenvalue weighted by Crippen LogP contribution is -2.06. The van der Waals surface area contributed by atoms with Crippen molar-refractivity contribution in [3.8, 4) is 0 Å². The van der Waals surface area contributed by atoms with Gasteiger partial charge in [-0.1, -0.05) is 18.2 Å². The minimum Gasteiger partial charge on any atom is -0.478 e. The van der Waals surface area contributed by atoms with Crippen LogP contribution in [0.1, 0.15) is 10.4 Å². The van der Waals surface area contributed by atoms with Gasteiger partial charge in [-0.15, -0.1) is 10.1 Å². The second kappa shape index (κ2) is 9.10. The largest absolute Gasteiger partial charge is 0.478 e. The Bertz CT molecular complexity index is 340. The second-order valence-corrected chi connectivity index (χ2v) is 2.72. The van der Waals surface area contributed by atoms with Crippen molar-refractivity contribution in [3.63, 3.8) is 0 Å². The molecule has 0 fully saturated rings. The van der Waals surface area contributed by atoms with Crippen molar-refractivity contribution in [2.45, 2.75) is 0 Å². The number of benzene rings is 1. The second-order valence-electron chi connectivity index (χ2n) is 2.72. The Balaban J connectivity index is 0.000000304. The van der Waals surface area contributed by atoms with Gasteiger partial charge in [0.15, 0.2) is 0 Å². The Labute approximate surface area is 97.7 Å². The Kier molecular flexibility index (Phi) is 7.95. The Hall–Kier alpha value is -2.15. The molecule has 7 nitrogen and oxygen atoms in total. The quantitative estimate of drug-likeness (QED) is 0.474. The van der Waals surface area contributed by atoms with E-state index in [1.807, 2.05) is 0 Å². The van der Waals surface area contributed by atoms with E-state index in [2.05, 4.69) is 9.57 Å². The van der Waals surface area contributed by atoms with Crippen molar-refractivity contribution in [1.29, 1.82) is 0 Å². The van der Waals surface area contributed by atoms with Gasteiger partial charge in [-0.3, -0.25) is 0 Å². The number of carbonyl (C=O) groups is 1. The number of carboxylic acid groups (broad SMARTS) is 1. The first-order valence-corrected chi connectivity index (χ1v) is 4.62. The van der Waals surface area contributed by atoms with Crippen LogP contribution in [-0.4, -0.2) is 36.5 Å². The Morgan fingerprint density at radius 1 is 1.35 bits per heavy atom. The van der Waals surface area contributed by atoms with Crippen LogP contribution < -0.4 is 0 Å². The molecule has 0 bridgehead atoms. The zero-order valence-corrected chi connectivity index (χ0v) is 9.24. The van der Waals surface area contributed by atoms with Crippen molar-refractivity contribution >= 4 is 5.97 Å². The van der Waals surface area contributed by atoms with Crippen molar-refractivity contribution in [2.75, 3.05) is 20.3 Å². The number of carboxylic acids is 1. The molecule has 0 spiro atoms. The molecular weight excluding hydrogens is 230 g/mol. The van der Waals surface area contributed by atoms with E-state index in [4.69, 9.17) is 5.11 Å². The average Bonchev–Trinajstić information content (AvgIpc) is 2.31. The first kappa shape index (κ1) is 14.8. The fourth-order valence-electron chi connectivity index (χ4n) is 0.776. The molecule has 17 heavy (non-hydrogen) atoms. The zero-order chi connectivity index (χ0) is 13.1. The van der Waals surface area contributed by atoms with Crippen LogP contribution in [0.25, 0.3) is 0 Å². The molecule has 0 atom stereocenters. The molecular formula is C10H13NO6. The van der Waals surface area contributed by atoms with E-state index in [0.717, 1.165) is 0 Å². The maximum Gasteiger partial charge on any atom is 0.335 e. The van der Waals surface area contributed by atoms with Crippen molar-refractivity contribution < 1.29 is 24.6 Å². The molecule has 1 rings (SSSR count). The van der Waals surface area contributed by atoms with Gasteiger partial charge in [0.2, 0.25) is 0 Å². The topological polar surface area (TPSA) is 98.9 Å². The van der Waals surface area contributed by atoms with E-state index in [9.17, 15) is 14.9 Å². The summed E-state index contributed by atoms with van der Waals surface area (Å²) in [5, 5.41) is 16.9. The summed E-state index contributed by atoms with van der Waals surface area (Å²) in [6, 6.07) is 8.30. The highest BCUT2D eigenvalue weighted by Gasteiger charge is 1.96. The number of hydrogen-bond acceptors (Lipinski definition) is 5.